The van der Waals surface area contributed by atoms with Gasteiger partial charge in [0.15, 0.2) is 5.58 Å². The number of carboxylic acid groups (broad SMARTS) is 1. The summed E-state index contributed by atoms with van der Waals surface area (Å²) in [6, 6.07) is 2.59. The molecule has 0 amide bonds. The Kier molecular flexibility index (Phi) is 1.78. The van der Waals surface area contributed by atoms with Gasteiger partial charge in [-0.1, -0.05) is 0 Å². The van der Waals surface area contributed by atoms with Gasteiger partial charge in [0.1, 0.15) is 0 Å². The van der Waals surface area contributed by atoms with Crippen LogP contribution in [0.15, 0.2) is 21.3 Å². The van der Waals surface area contributed by atoms with Crippen molar-refractivity contribution in [3.63, 3.8) is 0 Å². The van der Waals surface area contributed by atoms with E-state index in [9.17, 15) is 9.59 Å². The number of carboxylic acids is 1. The van der Waals surface area contributed by atoms with Crippen LogP contribution in [0, 0.1) is 0 Å². The van der Waals surface area contributed by atoms with Gasteiger partial charge in [-0.3, -0.25) is 0 Å². The summed E-state index contributed by atoms with van der Waals surface area (Å²) in [5.41, 5.74) is 6.03. The van der Waals surface area contributed by atoms with Gasteiger partial charge < -0.3 is 15.3 Å². The lowest BCUT2D eigenvalue weighted by atomic mass is 10.2. The maximum atomic E-state index is 10.9. The minimum atomic E-state index is -1.10. The van der Waals surface area contributed by atoms with Crippen molar-refractivity contribution in [2.24, 2.45) is 0 Å². The van der Waals surface area contributed by atoms with Gasteiger partial charge in [-0.05, 0) is 23.5 Å². The zero-order valence-corrected chi connectivity index (χ0v) is 7.63. The maximum Gasteiger partial charge on any atom is 0.396 e. The number of carbonyl (C=O) groups is 1. The zero-order chi connectivity index (χ0) is 10.3. The first-order chi connectivity index (χ1) is 6.58. The van der Waals surface area contributed by atoms with E-state index in [4.69, 9.17) is 15.3 Å². The minimum absolute atomic E-state index is 0.0107. The van der Waals surface area contributed by atoms with Crippen LogP contribution in [-0.4, -0.2) is 11.1 Å². The van der Waals surface area contributed by atoms with Gasteiger partial charge in [0.05, 0.1) is 16.0 Å². The molecule has 3 N–H and O–H groups in total. The predicted octanol–water partition coefficient (Wildman–Crippen LogP) is 1.13. The van der Waals surface area contributed by atoms with Crippen LogP contribution in [0.1, 0.15) is 10.4 Å². The average molecular weight is 211 g/mol. The fourth-order valence-electron chi connectivity index (χ4n) is 1.13. The summed E-state index contributed by atoms with van der Waals surface area (Å²) in [4.78, 5) is 21.0. The van der Waals surface area contributed by atoms with E-state index in [1.807, 2.05) is 0 Å². The third kappa shape index (κ3) is 1.25. The number of fused-ring (bicyclic) bond motifs is 1. The van der Waals surface area contributed by atoms with E-state index < -0.39 is 10.9 Å². The molecule has 0 spiro atoms. The molecule has 0 fully saturated rings. The Morgan fingerprint density at radius 3 is 2.86 bits per heavy atom. The normalized spacial score (nSPS) is 10.6. The molecule has 0 aliphatic carbocycles. The summed E-state index contributed by atoms with van der Waals surface area (Å²) < 4.78 is 5.25. The van der Waals surface area contributed by atoms with E-state index >= 15 is 0 Å². The van der Waals surface area contributed by atoms with Gasteiger partial charge in [-0.25, -0.2) is 9.59 Å². The van der Waals surface area contributed by atoms with Crippen molar-refractivity contribution in [1.29, 1.82) is 0 Å². The van der Waals surface area contributed by atoms with Crippen molar-refractivity contribution in [2.45, 2.75) is 0 Å². The summed E-state index contributed by atoms with van der Waals surface area (Å²) in [6.45, 7) is 0. The molecule has 0 radical (unpaired) electrons. The van der Waals surface area contributed by atoms with Crippen molar-refractivity contribution in [2.75, 3.05) is 5.73 Å². The molecule has 0 saturated heterocycles. The summed E-state index contributed by atoms with van der Waals surface area (Å²) in [6.07, 6.45) is 0. The monoisotopic (exact) mass is 211 g/mol. The van der Waals surface area contributed by atoms with Crippen LogP contribution in [0.5, 0.6) is 0 Å². The summed E-state index contributed by atoms with van der Waals surface area (Å²) >= 11 is 0.859. The summed E-state index contributed by atoms with van der Waals surface area (Å²) in [5, 5.41) is 8.70. The highest BCUT2D eigenvalue weighted by Gasteiger charge is 2.11. The number of nitrogen functional groups attached to an aromatic ring is 1. The van der Waals surface area contributed by atoms with Crippen LogP contribution >= 0.6 is 11.3 Å². The number of anilines is 1. The Morgan fingerprint density at radius 2 is 2.21 bits per heavy atom. The minimum Gasteiger partial charge on any atom is -0.478 e. The Hall–Kier alpha value is -1.82. The number of rotatable bonds is 1. The highest BCUT2D eigenvalue weighted by Crippen LogP contribution is 2.25. The first kappa shape index (κ1) is 8.76. The van der Waals surface area contributed by atoms with E-state index in [1.54, 1.807) is 0 Å². The lowest BCUT2D eigenvalue weighted by Crippen LogP contribution is -1.97. The second-order valence-electron chi connectivity index (χ2n) is 2.65. The van der Waals surface area contributed by atoms with E-state index in [-0.39, 0.29) is 16.8 Å². The Morgan fingerprint density at radius 1 is 1.50 bits per heavy atom. The van der Waals surface area contributed by atoms with Gasteiger partial charge in [-0.15, -0.1) is 0 Å². The molecule has 1 aromatic carbocycles. The molecule has 72 valence electrons. The summed E-state index contributed by atoms with van der Waals surface area (Å²) in [5.74, 6) is -1.10. The van der Waals surface area contributed by atoms with Crippen LogP contribution in [0.2, 0.25) is 0 Å². The molecule has 6 heteroatoms. The first-order valence-electron chi connectivity index (χ1n) is 3.64. The largest absolute Gasteiger partial charge is 0.478 e. The van der Waals surface area contributed by atoms with E-state index in [2.05, 4.69) is 0 Å². The third-order valence-corrected chi connectivity index (χ3v) is 2.60. The van der Waals surface area contributed by atoms with Crippen molar-refractivity contribution >= 4 is 33.3 Å². The van der Waals surface area contributed by atoms with Gasteiger partial charge in [0.25, 0.3) is 0 Å². The Balaban J connectivity index is 2.84. The molecule has 0 saturated carbocycles. The smallest absolute Gasteiger partial charge is 0.396 e. The van der Waals surface area contributed by atoms with E-state index in [1.165, 1.54) is 12.1 Å². The highest BCUT2D eigenvalue weighted by molar-refractivity contribution is 7.16. The van der Waals surface area contributed by atoms with Crippen molar-refractivity contribution in [1.82, 2.24) is 0 Å². The molecule has 0 aliphatic heterocycles. The third-order valence-electron chi connectivity index (χ3n) is 1.71. The number of benzene rings is 1. The predicted molar refractivity (Wildman–Crippen MR) is 51.7 cm³/mol. The summed E-state index contributed by atoms with van der Waals surface area (Å²) in [7, 11) is 0. The van der Waals surface area contributed by atoms with Gasteiger partial charge in [0, 0.05) is 0 Å². The molecule has 14 heavy (non-hydrogen) atoms. The molecule has 0 unspecified atom stereocenters. The molecule has 1 aromatic heterocycles. The molecule has 5 nitrogen and oxygen atoms in total. The topological polar surface area (TPSA) is 93.5 Å². The molecular weight excluding hydrogens is 206 g/mol. The molecule has 1 heterocycles. The van der Waals surface area contributed by atoms with Crippen molar-refractivity contribution < 1.29 is 14.3 Å². The van der Waals surface area contributed by atoms with E-state index in [0.717, 1.165) is 11.3 Å². The average Bonchev–Trinajstić information content (AvgIpc) is 2.45. The Bertz CT molecular complexity index is 568. The number of nitrogens with two attached hydrogens (primary N) is 1. The van der Waals surface area contributed by atoms with Crippen LogP contribution in [0.25, 0.3) is 10.3 Å². The van der Waals surface area contributed by atoms with Gasteiger partial charge in [0.2, 0.25) is 0 Å². The fourth-order valence-corrected chi connectivity index (χ4v) is 1.80. The van der Waals surface area contributed by atoms with Crippen LogP contribution in [0.3, 0.4) is 0 Å². The molecule has 2 rings (SSSR count). The second-order valence-corrected chi connectivity index (χ2v) is 3.60. The number of hydrogen-bond acceptors (Lipinski definition) is 5. The zero-order valence-electron chi connectivity index (χ0n) is 6.81. The van der Waals surface area contributed by atoms with Gasteiger partial charge in [-0.2, -0.15) is 0 Å². The molecule has 0 bridgehead atoms. The molecular formula is C8H5NO4S. The van der Waals surface area contributed by atoms with Crippen molar-refractivity contribution in [3.8, 4) is 0 Å². The van der Waals surface area contributed by atoms with Crippen LogP contribution in [-0.2, 0) is 0 Å². The molecule has 0 aliphatic rings. The van der Waals surface area contributed by atoms with Crippen molar-refractivity contribution in [3.05, 3.63) is 27.4 Å². The molecule has 0 atom stereocenters. The fraction of sp³-hybridized carbons (Fsp3) is 0. The van der Waals surface area contributed by atoms with Gasteiger partial charge >= 0.3 is 10.9 Å². The highest BCUT2D eigenvalue weighted by atomic mass is 32.1. The number of aromatic carboxylic acids is 1. The standard InChI is InChI=1S/C8H5NO4S/c9-4-1-3(7(10)11)2-5-6(4)14-8(12)13-5/h1-2H,9H2,(H,10,11). The van der Waals surface area contributed by atoms with Crippen LogP contribution < -0.4 is 10.7 Å². The molecule has 2 aromatic rings. The number of hydrogen-bond donors (Lipinski definition) is 2. The quantitative estimate of drug-likeness (QED) is 0.689. The van der Waals surface area contributed by atoms with E-state index in [0.29, 0.717) is 4.70 Å². The second kappa shape index (κ2) is 2.85. The van der Waals surface area contributed by atoms with Crippen LogP contribution in [0.4, 0.5) is 5.69 Å². The lowest BCUT2D eigenvalue weighted by molar-refractivity contribution is 0.0697. The Labute approximate surface area is 81.4 Å². The maximum absolute atomic E-state index is 10.9. The SMILES string of the molecule is Nc1cc(C(=O)O)cc2oc(=O)sc12. The lowest BCUT2D eigenvalue weighted by Gasteiger charge is -1.96. The first-order valence-corrected chi connectivity index (χ1v) is 4.46.